The molecule has 11 nitrogen and oxygen atoms in total. The molecule has 1 fully saturated rings. The Hall–Kier alpha value is -1.91. The Kier molecular flexibility index (Phi) is 7.92. The molecular formula is C21H24ClN3O8P2. The summed E-state index contributed by atoms with van der Waals surface area (Å²) < 4.78 is 33.7. The van der Waals surface area contributed by atoms with Crippen molar-refractivity contribution in [2.75, 3.05) is 17.8 Å². The van der Waals surface area contributed by atoms with Crippen molar-refractivity contribution in [1.82, 2.24) is 9.97 Å². The summed E-state index contributed by atoms with van der Waals surface area (Å²) >= 11 is 6.19. The van der Waals surface area contributed by atoms with E-state index in [9.17, 15) is 19.1 Å². The minimum Gasteiger partial charge on any atom is -0.390 e. The van der Waals surface area contributed by atoms with E-state index < -0.39 is 46.0 Å². The van der Waals surface area contributed by atoms with Gasteiger partial charge in [-0.05, 0) is 23.2 Å². The van der Waals surface area contributed by atoms with Gasteiger partial charge in [0.05, 0.1) is 24.3 Å². The van der Waals surface area contributed by atoms with E-state index in [-0.39, 0.29) is 11.7 Å². The second-order valence-corrected chi connectivity index (χ2v) is 12.5. The van der Waals surface area contributed by atoms with E-state index >= 15 is 0 Å². The Morgan fingerprint density at radius 3 is 2.54 bits per heavy atom. The zero-order valence-corrected chi connectivity index (χ0v) is 20.8. The van der Waals surface area contributed by atoms with Crippen LogP contribution in [-0.4, -0.2) is 54.5 Å². The number of aromatic nitrogens is 2. The Morgan fingerprint density at radius 1 is 1.09 bits per heavy atom. The lowest BCUT2D eigenvalue weighted by Crippen LogP contribution is -2.15. The van der Waals surface area contributed by atoms with Crippen LogP contribution >= 0.6 is 26.8 Å². The second kappa shape index (κ2) is 10.6. The average molecular weight is 544 g/mol. The lowest BCUT2D eigenvalue weighted by Gasteiger charge is -2.19. The summed E-state index contributed by atoms with van der Waals surface area (Å²) in [5.41, 5.74) is 2.07. The summed E-state index contributed by atoms with van der Waals surface area (Å²) in [4.78, 5) is 36.2. The first kappa shape index (κ1) is 26.2. The lowest BCUT2D eigenvalue weighted by atomic mass is 10.0. The fraction of sp³-hybridized carbons (Fsp3) is 0.333. The highest BCUT2D eigenvalue weighted by molar-refractivity contribution is 7.70. The topological polar surface area (TPSA) is 171 Å². The van der Waals surface area contributed by atoms with Gasteiger partial charge in [-0.2, -0.15) is 0 Å². The molecular weight excluding hydrogens is 520 g/mol. The van der Waals surface area contributed by atoms with Crippen LogP contribution in [0.2, 0.25) is 5.28 Å². The molecule has 1 saturated heterocycles. The third-order valence-corrected chi connectivity index (χ3v) is 8.98. The highest BCUT2D eigenvalue weighted by atomic mass is 35.5. The molecule has 188 valence electrons. The minimum absolute atomic E-state index is 0.00605. The molecule has 0 bridgehead atoms. The third kappa shape index (κ3) is 6.86. The highest BCUT2D eigenvalue weighted by Crippen LogP contribution is 2.55. The first-order valence-electron chi connectivity index (χ1n) is 10.6. The van der Waals surface area contributed by atoms with Gasteiger partial charge in [0.15, 0.2) is 5.90 Å². The molecule has 14 heteroatoms. The quantitative estimate of drug-likeness (QED) is 0.198. The van der Waals surface area contributed by atoms with Crippen LogP contribution in [0.15, 0.2) is 48.5 Å². The van der Waals surface area contributed by atoms with E-state index in [0.717, 1.165) is 5.56 Å². The number of halogens is 1. The molecule has 0 aliphatic carbocycles. The van der Waals surface area contributed by atoms with E-state index in [2.05, 4.69) is 15.3 Å². The number of hydrogen-bond donors (Lipinski definition) is 5. The molecule has 0 amide bonds. The standard InChI is InChI=1S/C21H24ClN3O8P2/c22-21-24-18-15(7-4-8-16(18)20(25-21)23-10-13-5-2-1-3-6-13)19-17(26)9-14(33-19)11-32-35(30,31)12-34(27,28)29/h1-8,14,17,19,26H,9-12H2,(H,30,31)(H,23,24,25)(H2,27,28,29)/t14-,17+,19-/m0/s1. The van der Waals surface area contributed by atoms with E-state index in [0.29, 0.717) is 28.8 Å². The maximum Gasteiger partial charge on any atom is 0.340 e. The number of aliphatic hydroxyl groups excluding tert-OH is 1. The monoisotopic (exact) mass is 543 g/mol. The van der Waals surface area contributed by atoms with E-state index in [4.69, 9.17) is 30.6 Å². The molecule has 1 aliphatic rings. The summed E-state index contributed by atoms with van der Waals surface area (Å²) in [5.74, 6) is -0.785. The van der Waals surface area contributed by atoms with Crippen molar-refractivity contribution in [2.24, 2.45) is 0 Å². The Labute approximate surface area is 205 Å². The molecule has 0 radical (unpaired) electrons. The number of para-hydroxylation sites is 1. The molecule has 2 heterocycles. The average Bonchev–Trinajstić information content (AvgIpc) is 3.15. The van der Waals surface area contributed by atoms with Gasteiger partial charge in [-0.25, -0.2) is 9.97 Å². The molecule has 1 aliphatic heterocycles. The number of ether oxygens (including phenoxy) is 1. The summed E-state index contributed by atoms with van der Waals surface area (Å²) in [6.45, 7) is 0.0804. The zero-order valence-electron chi connectivity index (χ0n) is 18.3. The number of rotatable bonds is 9. The number of fused-ring (bicyclic) bond motifs is 1. The maximum absolute atomic E-state index is 11.9. The summed E-state index contributed by atoms with van der Waals surface area (Å²) in [6.07, 6.45) is -2.52. The van der Waals surface area contributed by atoms with Gasteiger partial charge in [0, 0.05) is 23.9 Å². The van der Waals surface area contributed by atoms with E-state index in [1.807, 2.05) is 36.4 Å². The lowest BCUT2D eigenvalue weighted by molar-refractivity contribution is -0.00726. The Morgan fingerprint density at radius 2 is 1.83 bits per heavy atom. The number of benzene rings is 2. The number of nitrogens with one attached hydrogen (secondary N) is 1. The van der Waals surface area contributed by atoms with Crippen LogP contribution in [0.5, 0.6) is 0 Å². The van der Waals surface area contributed by atoms with Gasteiger partial charge in [-0.15, -0.1) is 0 Å². The van der Waals surface area contributed by atoms with Gasteiger partial charge < -0.3 is 34.4 Å². The van der Waals surface area contributed by atoms with Crippen LogP contribution in [0.25, 0.3) is 10.9 Å². The summed E-state index contributed by atoms with van der Waals surface area (Å²) in [6, 6.07) is 15.0. The molecule has 35 heavy (non-hydrogen) atoms. The Bertz CT molecular complexity index is 1290. The third-order valence-electron chi connectivity index (χ3n) is 5.36. The summed E-state index contributed by atoms with van der Waals surface area (Å²) in [7, 11) is -9.28. The highest BCUT2D eigenvalue weighted by Gasteiger charge is 2.39. The van der Waals surface area contributed by atoms with Crippen molar-refractivity contribution in [3.8, 4) is 0 Å². The van der Waals surface area contributed by atoms with Gasteiger partial charge in [-0.1, -0.05) is 42.5 Å². The van der Waals surface area contributed by atoms with Crippen molar-refractivity contribution in [2.45, 2.75) is 31.3 Å². The van der Waals surface area contributed by atoms with Crippen LogP contribution in [-0.2, 0) is 24.9 Å². The summed E-state index contributed by atoms with van der Waals surface area (Å²) in [5, 5.41) is 14.6. The largest absolute Gasteiger partial charge is 0.390 e. The fourth-order valence-corrected chi connectivity index (χ4v) is 6.66. The molecule has 4 rings (SSSR count). The van der Waals surface area contributed by atoms with Gasteiger partial charge in [0.25, 0.3) is 0 Å². The van der Waals surface area contributed by atoms with Crippen LogP contribution in [0.4, 0.5) is 5.82 Å². The number of nitrogens with zero attached hydrogens (tertiary/aromatic N) is 2. The van der Waals surface area contributed by atoms with Crippen molar-refractivity contribution < 1.29 is 38.2 Å². The van der Waals surface area contributed by atoms with E-state index in [1.165, 1.54) is 0 Å². The van der Waals surface area contributed by atoms with Crippen LogP contribution in [0, 0.1) is 0 Å². The molecule has 3 aromatic rings. The fourth-order valence-electron chi connectivity index (χ4n) is 3.90. The van der Waals surface area contributed by atoms with Gasteiger partial charge in [0.2, 0.25) is 5.28 Å². The number of aliphatic hydroxyl groups is 1. The molecule has 0 saturated carbocycles. The van der Waals surface area contributed by atoms with Crippen LogP contribution < -0.4 is 5.32 Å². The van der Waals surface area contributed by atoms with Crippen LogP contribution in [0.3, 0.4) is 0 Å². The smallest absolute Gasteiger partial charge is 0.340 e. The van der Waals surface area contributed by atoms with Gasteiger partial charge in [0.1, 0.15) is 11.9 Å². The van der Waals surface area contributed by atoms with Crippen molar-refractivity contribution >= 4 is 43.5 Å². The normalized spacial score (nSPS) is 22.3. The van der Waals surface area contributed by atoms with Crippen LogP contribution in [0.1, 0.15) is 23.7 Å². The molecule has 1 unspecified atom stereocenters. The van der Waals surface area contributed by atoms with Gasteiger partial charge >= 0.3 is 15.2 Å². The minimum atomic E-state index is -4.74. The van der Waals surface area contributed by atoms with Crippen molar-refractivity contribution in [3.05, 3.63) is 64.9 Å². The van der Waals surface area contributed by atoms with Crippen molar-refractivity contribution in [3.63, 3.8) is 0 Å². The number of anilines is 1. The first-order valence-corrected chi connectivity index (χ1v) is 14.5. The number of hydrogen-bond acceptors (Lipinski definition) is 8. The molecule has 1 aromatic heterocycles. The van der Waals surface area contributed by atoms with Crippen molar-refractivity contribution in [1.29, 1.82) is 0 Å². The first-order chi connectivity index (χ1) is 16.5. The van der Waals surface area contributed by atoms with Gasteiger partial charge in [-0.3, -0.25) is 9.13 Å². The molecule has 2 aromatic carbocycles. The molecule has 0 spiro atoms. The molecule has 4 atom stereocenters. The SMILES string of the molecule is O=P(O)(O)CP(=O)(O)OC[C@@H]1C[C@@H](O)[C@H](c2cccc3c(NCc4ccccc4)nc(Cl)nc23)O1. The zero-order chi connectivity index (χ0) is 25.2. The Balaban J connectivity index is 1.53. The van der Waals surface area contributed by atoms with E-state index in [1.54, 1.807) is 12.1 Å². The maximum atomic E-state index is 11.9. The second-order valence-electron chi connectivity index (χ2n) is 8.14. The predicted octanol–water partition coefficient (Wildman–Crippen LogP) is 3.42. The molecule has 5 N–H and O–H groups in total. The predicted molar refractivity (Wildman–Crippen MR) is 129 cm³/mol.